The van der Waals surface area contributed by atoms with E-state index >= 15 is 0 Å². The van der Waals surface area contributed by atoms with Crippen molar-refractivity contribution >= 4 is 17.9 Å². The minimum absolute atomic E-state index is 0.0747. The van der Waals surface area contributed by atoms with Crippen molar-refractivity contribution in [1.82, 2.24) is 0 Å². The summed E-state index contributed by atoms with van der Waals surface area (Å²) in [6.45, 7) is 6.53. The number of hydrogen-bond donors (Lipinski definition) is 0. The van der Waals surface area contributed by atoms with E-state index in [0.29, 0.717) is 19.3 Å². The van der Waals surface area contributed by atoms with E-state index in [9.17, 15) is 14.4 Å². The molecule has 444 valence electrons. The van der Waals surface area contributed by atoms with Crippen LogP contribution in [0.15, 0.2) is 85.1 Å². The summed E-state index contributed by atoms with van der Waals surface area (Å²) in [6.07, 6.45) is 86.0. The molecule has 0 aromatic carbocycles. The molecule has 6 nitrogen and oxygen atoms in total. The lowest BCUT2D eigenvalue weighted by Gasteiger charge is -2.18. The van der Waals surface area contributed by atoms with Gasteiger partial charge < -0.3 is 14.2 Å². The van der Waals surface area contributed by atoms with Gasteiger partial charge in [0.05, 0.1) is 0 Å². The summed E-state index contributed by atoms with van der Waals surface area (Å²) in [5.41, 5.74) is 0. The first-order chi connectivity index (χ1) is 38.0. The summed E-state index contributed by atoms with van der Waals surface area (Å²) >= 11 is 0. The Labute approximate surface area is 477 Å². The van der Waals surface area contributed by atoms with E-state index in [1.165, 1.54) is 180 Å². The van der Waals surface area contributed by atoms with E-state index < -0.39 is 6.10 Å². The first-order valence-electron chi connectivity index (χ1n) is 33.1. The number of ether oxygens (including phenoxy) is 3. The smallest absolute Gasteiger partial charge is 0.306 e. The third-order valence-electron chi connectivity index (χ3n) is 14.4. The Balaban J connectivity index is 4.14. The van der Waals surface area contributed by atoms with Gasteiger partial charge in [0.15, 0.2) is 6.10 Å². The molecule has 0 aromatic rings. The number of unbranched alkanes of at least 4 members (excludes halogenated alkanes) is 35. The number of rotatable bonds is 60. The van der Waals surface area contributed by atoms with Crippen molar-refractivity contribution < 1.29 is 28.6 Å². The molecule has 0 aliphatic rings. The Morgan fingerprint density at radius 3 is 0.818 bits per heavy atom. The lowest BCUT2D eigenvalue weighted by molar-refractivity contribution is -0.167. The fourth-order valence-electron chi connectivity index (χ4n) is 9.44. The van der Waals surface area contributed by atoms with Gasteiger partial charge in [-0.2, -0.15) is 0 Å². The first kappa shape index (κ1) is 73.6. The van der Waals surface area contributed by atoms with Crippen LogP contribution in [0.2, 0.25) is 0 Å². The molecule has 0 aliphatic heterocycles. The largest absolute Gasteiger partial charge is 0.462 e. The van der Waals surface area contributed by atoms with E-state index in [0.717, 1.165) is 109 Å². The van der Waals surface area contributed by atoms with Gasteiger partial charge in [-0.1, -0.05) is 298 Å². The van der Waals surface area contributed by atoms with Gasteiger partial charge in [0.25, 0.3) is 0 Å². The highest BCUT2D eigenvalue weighted by molar-refractivity contribution is 5.71. The van der Waals surface area contributed by atoms with Gasteiger partial charge in [-0.05, 0) is 96.3 Å². The lowest BCUT2D eigenvalue weighted by Crippen LogP contribution is -2.30. The molecule has 0 bridgehead atoms. The van der Waals surface area contributed by atoms with Gasteiger partial charge in [0, 0.05) is 19.3 Å². The summed E-state index contributed by atoms with van der Waals surface area (Å²) < 4.78 is 16.9. The van der Waals surface area contributed by atoms with Crippen molar-refractivity contribution in [3.63, 3.8) is 0 Å². The van der Waals surface area contributed by atoms with Crippen molar-refractivity contribution in [3.8, 4) is 0 Å². The second kappa shape index (κ2) is 65.1. The van der Waals surface area contributed by atoms with Crippen LogP contribution in [0.3, 0.4) is 0 Å². The van der Waals surface area contributed by atoms with E-state index in [2.05, 4.69) is 106 Å². The summed E-state index contributed by atoms with van der Waals surface area (Å²) in [5, 5.41) is 0. The molecular formula is C71H124O6. The number of carbonyl (C=O) groups is 3. The maximum absolute atomic E-state index is 12.9. The highest BCUT2D eigenvalue weighted by atomic mass is 16.6. The molecule has 0 heterocycles. The Morgan fingerprint density at radius 2 is 0.506 bits per heavy atom. The quantitative estimate of drug-likeness (QED) is 0.0261. The van der Waals surface area contributed by atoms with Gasteiger partial charge in [-0.3, -0.25) is 14.4 Å². The van der Waals surface area contributed by atoms with E-state index in [1.54, 1.807) is 0 Å². The molecule has 0 aliphatic carbocycles. The summed E-state index contributed by atoms with van der Waals surface area (Å²) in [4.78, 5) is 38.2. The Kier molecular flexibility index (Phi) is 62.2. The molecule has 0 saturated heterocycles. The van der Waals surface area contributed by atoms with E-state index in [4.69, 9.17) is 14.2 Å². The molecule has 0 saturated carbocycles. The van der Waals surface area contributed by atoms with Gasteiger partial charge in [-0.25, -0.2) is 0 Å². The average Bonchev–Trinajstić information content (AvgIpc) is 3.43. The lowest BCUT2D eigenvalue weighted by atomic mass is 10.0. The molecule has 77 heavy (non-hydrogen) atoms. The van der Waals surface area contributed by atoms with Gasteiger partial charge in [-0.15, -0.1) is 0 Å². The van der Waals surface area contributed by atoms with Crippen LogP contribution in [0.4, 0.5) is 0 Å². The molecule has 0 amide bonds. The fraction of sp³-hybridized carbons (Fsp3) is 0.761. The van der Waals surface area contributed by atoms with Crippen LogP contribution in [-0.2, 0) is 28.6 Å². The second-order valence-electron chi connectivity index (χ2n) is 22.0. The fourth-order valence-corrected chi connectivity index (χ4v) is 9.44. The summed E-state index contributed by atoms with van der Waals surface area (Å²) in [7, 11) is 0. The van der Waals surface area contributed by atoms with Crippen molar-refractivity contribution in [1.29, 1.82) is 0 Å². The van der Waals surface area contributed by atoms with Gasteiger partial charge >= 0.3 is 17.9 Å². The van der Waals surface area contributed by atoms with Crippen LogP contribution in [-0.4, -0.2) is 37.2 Å². The zero-order valence-electron chi connectivity index (χ0n) is 51.0. The number of carbonyl (C=O) groups excluding carboxylic acids is 3. The molecule has 0 rings (SSSR count). The number of hydrogen-bond acceptors (Lipinski definition) is 6. The highest BCUT2D eigenvalue weighted by Crippen LogP contribution is 2.17. The third-order valence-corrected chi connectivity index (χ3v) is 14.4. The van der Waals surface area contributed by atoms with Gasteiger partial charge in [0.2, 0.25) is 0 Å². The average molecular weight is 1070 g/mol. The van der Waals surface area contributed by atoms with Crippen LogP contribution >= 0.6 is 0 Å². The second-order valence-corrected chi connectivity index (χ2v) is 22.0. The topological polar surface area (TPSA) is 78.9 Å². The Bertz CT molecular complexity index is 1470. The molecule has 0 radical (unpaired) electrons. The minimum atomic E-state index is -0.777. The zero-order chi connectivity index (χ0) is 55.7. The van der Waals surface area contributed by atoms with E-state index in [-0.39, 0.29) is 31.1 Å². The molecule has 0 fully saturated rings. The van der Waals surface area contributed by atoms with E-state index in [1.807, 2.05) is 0 Å². The third kappa shape index (κ3) is 63.3. The monoisotopic (exact) mass is 1070 g/mol. The van der Waals surface area contributed by atoms with Gasteiger partial charge in [0.1, 0.15) is 13.2 Å². The van der Waals surface area contributed by atoms with Crippen LogP contribution in [0.1, 0.15) is 329 Å². The van der Waals surface area contributed by atoms with Crippen LogP contribution in [0, 0.1) is 0 Å². The minimum Gasteiger partial charge on any atom is -0.462 e. The first-order valence-corrected chi connectivity index (χ1v) is 33.1. The molecule has 0 aromatic heterocycles. The molecule has 0 N–H and O–H groups in total. The number of allylic oxidation sites excluding steroid dienone is 14. The highest BCUT2D eigenvalue weighted by Gasteiger charge is 2.19. The van der Waals surface area contributed by atoms with Crippen molar-refractivity contribution in [2.45, 2.75) is 335 Å². The molecule has 1 atom stereocenters. The zero-order valence-corrected chi connectivity index (χ0v) is 51.0. The van der Waals surface area contributed by atoms with Crippen LogP contribution in [0.5, 0.6) is 0 Å². The maximum atomic E-state index is 12.9. The normalized spacial score (nSPS) is 12.6. The van der Waals surface area contributed by atoms with Crippen molar-refractivity contribution in [2.75, 3.05) is 13.2 Å². The SMILES string of the molecule is CC/C=C\C/C=C\C/C=C\C/C=C\C/C=C\C/C=C\CCCCCCCCCCCCCCCCC(=O)OCC(COC(=O)CCCCCCCCCCCCCCC)OC(=O)CCCCCCC/C=C\CCCCCC. The van der Waals surface area contributed by atoms with Crippen LogP contribution in [0.25, 0.3) is 0 Å². The Hall–Kier alpha value is -3.41. The maximum Gasteiger partial charge on any atom is 0.306 e. The summed E-state index contributed by atoms with van der Waals surface area (Å²) in [5.74, 6) is -0.870. The van der Waals surface area contributed by atoms with Crippen LogP contribution < -0.4 is 0 Å². The standard InChI is InChI=1S/C71H124O6/c1-4-7-10-13-16-19-22-25-26-27-28-29-30-31-32-33-34-35-36-37-38-39-40-41-42-43-44-47-49-52-55-58-61-64-70(73)76-67-68(77-71(74)65-62-59-56-53-50-46-24-21-18-15-12-9-6-3)66-75-69(72)63-60-57-54-51-48-45-23-20-17-14-11-8-5-2/h7,10,16,19,21,24-26,28-29,31-32,34-35,68H,4-6,8-9,11-15,17-18,20,22-23,27,30,33,36-67H2,1-3H3/b10-7-,19-16-,24-21-,26-25-,29-28-,32-31-,35-34-. The predicted molar refractivity (Wildman–Crippen MR) is 334 cm³/mol. The predicted octanol–water partition coefficient (Wildman–Crippen LogP) is 22.7. The molecule has 6 heteroatoms. The molecule has 0 spiro atoms. The summed E-state index contributed by atoms with van der Waals surface area (Å²) in [6, 6.07) is 0. The molecular weight excluding hydrogens is 949 g/mol. The van der Waals surface area contributed by atoms with Crippen molar-refractivity contribution in [3.05, 3.63) is 85.1 Å². The van der Waals surface area contributed by atoms with Crippen molar-refractivity contribution in [2.24, 2.45) is 0 Å². The Morgan fingerprint density at radius 1 is 0.273 bits per heavy atom. The number of esters is 3. The molecule has 1 unspecified atom stereocenters.